The number of hydrogen-bond donors (Lipinski definition) is 3. The van der Waals surface area contributed by atoms with Gasteiger partial charge in [0.2, 0.25) is 5.91 Å². The second-order valence-corrected chi connectivity index (χ2v) is 6.33. The van der Waals surface area contributed by atoms with Crippen LogP contribution in [0.2, 0.25) is 0 Å². The number of amides is 1. The topological polar surface area (TPSA) is 67.2 Å². The summed E-state index contributed by atoms with van der Waals surface area (Å²) >= 11 is 1.59. The van der Waals surface area contributed by atoms with Crippen LogP contribution in [0.15, 0.2) is 23.1 Å². The molecule has 19 heavy (non-hydrogen) atoms. The lowest BCUT2D eigenvalue weighted by Crippen LogP contribution is -2.34. The third-order valence-corrected chi connectivity index (χ3v) is 4.77. The smallest absolute Gasteiger partial charge is 0.234 e. The lowest BCUT2D eigenvalue weighted by molar-refractivity contribution is -0.113. The lowest BCUT2D eigenvalue weighted by Gasteiger charge is -2.28. The first-order chi connectivity index (χ1) is 9.20. The minimum atomic E-state index is 0.0781. The zero-order chi connectivity index (χ0) is 13.2. The Morgan fingerprint density at radius 1 is 1.37 bits per heavy atom. The van der Waals surface area contributed by atoms with Crippen LogP contribution in [-0.2, 0) is 4.79 Å². The lowest BCUT2D eigenvalue weighted by atomic mass is 9.91. The molecule has 0 bridgehead atoms. The summed E-state index contributed by atoms with van der Waals surface area (Å²) in [4.78, 5) is 12.5. The Morgan fingerprint density at radius 3 is 3.11 bits per heavy atom. The minimum Gasteiger partial charge on any atom is -0.382 e. The van der Waals surface area contributed by atoms with Crippen LogP contribution >= 0.6 is 11.8 Å². The van der Waals surface area contributed by atoms with E-state index in [2.05, 4.69) is 22.8 Å². The van der Waals surface area contributed by atoms with Gasteiger partial charge < -0.3 is 16.4 Å². The molecule has 2 atom stereocenters. The van der Waals surface area contributed by atoms with Crippen LogP contribution in [0.4, 0.5) is 11.4 Å². The summed E-state index contributed by atoms with van der Waals surface area (Å²) in [6.45, 7) is 0. The summed E-state index contributed by atoms with van der Waals surface area (Å²) in [7, 11) is 0. The van der Waals surface area contributed by atoms with Crippen LogP contribution in [0.3, 0.4) is 0 Å². The molecule has 1 aromatic rings. The second kappa shape index (κ2) is 5.43. The Hall–Kier alpha value is -1.20. The third-order valence-electron chi connectivity index (χ3n) is 3.70. The van der Waals surface area contributed by atoms with Gasteiger partial charge in [0.05, 0.1) is 11.4 Å². The van der Waals surface area contributed by atoms with Crippen LogP contribution in [0.25, 0.3) is 0 Å². The summed E-state index contributed by atoms with van der Waals surface area (Å²) in [5.74, 6) is 0.589. The van der Waals surface area contributed by atoms with Gasteiger partial charge in [0, 0.05) is 22.7 Å². The highest BCUT2D eigenvalue weighted by Gasteiger charge is 2.20. The molecule has 4 N–H and O–H groups in total. The largest absolute Gasteiger partial charge is 0.382 e. The highest BCUT2D eigenvalue weighted by atomic mass is 32.2. The third kappa shape index (κ3) is 3.04. The molecule has 1 saturated carbocycles. The number of nitrogens with one attached hydrogen (secondary N) is 2. The number of benzene rings is 1. The summed E-state index contributed by atoms with van der Waals surface area (Å²) < 4.78 is 0. The second-order valence-electron chi connectivity index (χ2n) is 5.32. The van der Waals surface area contributed by atoms with Gasteiger partial charge in [-0.15, -0.1) is 11.8 Å². The van der Waals surface area contributed by atoms with Crippen LogP contribution < -0.4 is 16.4 Å². The van der Waals surface area contributed by atoms with Gasteiger partial charge in [-0.25, -0.2) is 0 Å². The molecule has 5 heteroatoms. The summed E-state index contributed by atoms with van der Waals surface area (Å²) in [5, 5.41) is 6.46. The minimum absolute atomic E-state index is 0.0781. The first-order valence-corrected chi connectivity index (χ1v) is 7.78. The molecule has 0 aromatic heterocycles. The standard InChI is InChI=1S/C14H19N3OS/c15-9-2-1-3-10(6-9)16-11-4-5-13-12(7-11)17-14(18)8-19-13/h4-5,7,9-10,16H,1-3,6,8,15H2,(H,17,18). The number of carbonyl (C=O) groups is 1. The van der Waals surface area contributed by atoms with Crippen molar-refractivity contribution in [2.75, 3.05) is 16.4 Å². The predicted molar refractivity (Wildman–Crippen MR) is 79.6 cm³/mol. The highest BCUT2D eigenvalue weighted by Crippen LogP contribution is 2.34. The van der Waals surface area contributed by atoms with E-state index in [1.807, 2.05) is 6.07 Å². The zero-order valence-electron chi connectivity index (χ0n) is 10.8. The molecular weight excluding hydrogens is 258 g/mol. The predicted octanol–water partition coefficient (Wildman–Crippen LogP) is 2.41. The van der Waals surface area contributed by atoms with Crippen molar-refractivity contribution in [1.82, 2.24) is 0 Å². The maximum Gasteiger partial charge on any atom is 0.234 e. The Morgan fingerprint density at radius 2 is 2.26 bits per heavy atom. The van der Waals surface area contributed by atoms with E-state index in [0.29, 0.717) is 17.8 Å². The molecule has 1 fully saturated rings. The molecule has 0 saturated heterocycles. The number of nitrogens with two attached hydrogens (primary N) is 1. The zero-order valence-corrected chi connectivity index (χ0v) is 11.6. The molecule has 102 valence electrons. The van der Waals surface area contributed by atoms with E-state index in [-0.39, 0.29) is 5.91 Å². The van der Waals surface area contributed by atoms with Crippen molar-refractivity contribution in [3.63, 3.8) is 0 Å². The number of thioether (sulfide) groups is 1. The fourth-order valence-corrected chi connectivity index (χ4v) is 3.56. The van der Waals surface area contributed by atoms with Gasteiger partial charge in [-0.05, 0) is 43.9 Å². The fourth-order valence-electron chi connectivity index (χ4n) is 2.77. The van der Waals surface area contributed by atoms with Crippen LogP contribution in [0, 0.1) is 0 Å². The van der Waals surface area contributed by atoms with Crippen molar-refractivity contribution in [2.45, 2.75) is 42.7 Å². The highest BCUT2D eigenvalue weighted by molar-refractivity contribution is 8.00. The first-order valence-electron chi connectivity index (χ1n) is 6.79. The molecule has 1 aromatic carbocycles. The number of hydrogen-bond acceptors (Lipinski definition) is 4. The number of fused-ring (bicyclic) bond motifs is 1. The van der Waals surface area contributed by atoms with E-state index >= 15 is 0 Å². The Kier molecular flexibility index (Phi) is 3.66. The molecule has 1 amide bonds. The summed E-state index contributed by atoms with van der Waals surface area (Å²) in [5.41, 5.74) is 8.00. The Bertz CT molecular complexity index is 492. The van der Waals surface area contributed by atoms with E-state index in [4.69, 9.17) is 5.73 Å². The van der Waals surface area contributed by atoms with Crippen LogP contribution in [0.1, 0.15) is 25.7 Å². The van der Waals surface area contributed by atoms with E-state index in [1.54, 1.807) is 11.8 Å². The van der Waals surface area contributed by atoms with Crippen molar-refractivity contribution >= 4 is 29.0 Å². The molecule has 2 aliphatic rings. The van der Waals surface area contributed by atoms with Gasteiger partial charge in [-0.2, -0.15) is 0 Å². The molecule has 1 aliphatic carbocycles. The summed E-state index contributed by atoms with van der Waals surface area (Å²) in [6, 6.07) is 6.96. The molecule has 4 nitrogen and oxygen atoms in total. The molecule has 2 unspecified atom stereocenters. The van der Waals surface area contributed by atoms with Crippen molar-refractivity contribution in [3.05, 3.63) is 18.2 Å². The van der Waals surface area contributed by atoms with Gasteiger partial charge in [0.25, 0.3) is 0 Å². The maximum atomic E-state index is 11.4. The molecule has 1 aliphatic heterocycles. The maximum absolute atomic E-state index is 11.4. The SMILES string of the molecule is NC1CCCC(Nc2ccc3c(c2)NC(=O)CS3)C1. The van der Waals surface area contributed by atoms with Gasteiger partial charge in [-0.1, -0.05) is 0 Å². The molecule has 1 heterocycles. The Balaban J connectivity index is 1.71. The molecular formula is C14H19N3OS. The van der Waals surface area contributed by atoms with Crippen molar-refractivity contribution in [2.24, 2.45) is 5.73 Å². The van der Waals surface area contributed by atoms with Crippen molar-refractivity contribution < 1.29 is 4.79 Å². The van der Waals surface area contributed by atoms with Crippen LogP contribution in [-0.4, -0.2) is 23.7 Å². The van der Waals surface area contributed by atoms with E-state index in [9.17, 15) is 4.79 Å². The molecule has 3 rings (SSSR count). The van der Waals surface area contributed by atoms with Gasteiger partial charge >= 0.3 is 0 Å². The number of anilines is 2. The summed E-state index contributed by atoms with van der Waals surface area (Å²) in [6.07, 6.45) is 4.52. The normalized spacial score (nSPS) is 26.5. The van der Waals surface area contributed by atoms with E-state index in [1.165, 1.54) is 12.8 Å². The fraction of sp³-hybridized carbons (Fsp3) is 0.500. The van der Waals surface area contributed by atoms with Crippen LogP contribution in [0.5, 0.6) is 0 Å². The number of rotatable bonds is 2. The quantitative estimate of drug-likeness (QED) is 0.776. The number of carbonyl (C=O) groups excluding carboxylic acids is 1. The first kappa shape index (κ1) is 12.8. The molecule has 0 spiro atoms. The van der Waals surface area contributed by atoms with Crippen molar-refractivity contribution in [1.29, 1.82) is 0 Å². The average Bonchev–Trinajstić information content (AvgIpc) is 2.38. The van der Waals surface area contributed by atoms with Crippen molar-refractivity contribution in [3.8, 4) is 0 Å². The van der Waals surface area contributed by atoms with E-state index < -0.39 is 0 Å². The van der Waals surface area contributed by atoms with Gasteiger partial charge in [0.1, 0.15) is 0 Å². The monoisotopic (exact) mass is 277 g/mol. The van der Waals surface area contributed by atoms with Gasteiger partial charge in [-0.3, -0.25) is 4.79 Å². The average molecular weight is 277 g/mol. The van der Waals surface area contributed by atoms with E-state index in [0.717, 1.165) is 29.1 Å². The van der Waals surface area contributed by atoms with Gasteiger partial charge in [0.15, 0.2) is 0 Å². The molecule has 0 radical (unpaired) electrons. The Labute approximate surface area is 117 Å².